The first kappa shape index (κ1) is 22.1. The van der Waals surface area contributed by atoms with Crippen LogP contribution in [0.1, 0.15) is 48.2 Å². The van der Waals surface area contributed by atoms with E-state index in [-0.39, 0.29) is 18.6 Å². The lowest BCUT2D eigenvalue weighted by Crippen LogP contribution is -2.42. The lowest BCUT2D eigenvalue weighted by Gasteiger charge is -2.42. The summed E-state index contributed by atoms with van der Waals surface area (Å²) in [6, 6.07) is 3.97. The first-order valence-corrected chi connectivity index (χ1v) is 10.6. The van der Waals surface area contributed by atoms with Crippen molar-refractivity contribution in [2.75, 3.05) is 13.9 Å². The van der Waals surface area contributed by atoms with E-state index in [0.717, 1.165) is 28.8 Å². The third-order valence-electron chi connectivity index (χ3n) is 6.38. The van der Waals surface area contributed by atoms with Crippen molar-refractivity contribution in [1.29, 1.82) is 0 Å². The van der Waals surface area contributed by atoms with Crippen LogP contribution in [-0.4, -0.2) is 39.4 Å². The molecule has 0 bridgehead atoms. The Bertz CT molecular complexity index is 1230. The molecule has 1 saturated carbocycles. The summed E-state index contributed by atoms with van der Waals surface area (Å²) in [5.41, 5.74) is 2.40. The van der Waals surface area contributed by atoms with Gasteiger partial charge in [-0.3, -0.25) is 0 Å². The molecule has 3 heterocycles. The van der Waals surface area contributed by atoms with Gasteiger partial charge in [-0.1, -0.05) is 0 Å². The Morgan fingerprint density at radius 1 is 1.21 bits per heavy atom. The summed E-state index contributed by atoms with van der Waals surface area (Å²) < 4.78 is 58.3. The third-order valence-corrected chi connectivity index (χ3v) is 6.38. The van der Waals surface area contributed by atoms with Gasteiger partial charge in [-0.05, 0) is 50.5 Å². The van der Waals surface area contributed by atoms with Crippen LogP contribution < -0.4 is 4.74 Å². The largest absolute Gasteiger partial charge is 0.467 e. The minimum Gasteiger partial charge on any atom is -0.467 e. The number of aliphatic hydroxyl groups is 1. The monoisotopic (exact) mass is 463 g/mol. The van der Waals surface area contributed by atoms with Crippen LogP contribution >= 0.6 is 0 Å². The number of benzene rings is 1. The zero-order valence-corrected chi connectivity index (χ0v) is 18.5. The fourth-order valence-electron chi connectivity index (χ4n) is 4.92. The van der Waals surface area contributed by atoms with Gasteiger partial charge in [0.1, 0.15) is 5.75 Å². The number of hydrogen-bond acceptors (Lipinski definition) is 6. The van der Waals surface area contributed by atoms with Crippen molar-refractivity contribution in [2.24, 2.45) is 0 Å². The highest BCUT2D eigenvalue weighted by Crippen LogP contribution is 2.46. The van der Waals surface area contributed by atoms with Gasteiger partial charge in [0.05, 0.1) is 35.8 Å². The molecule has 33 heavy (non-hydrogen) atoms. The van der Waals surface area contributed by atoms with Crippen LogP contribution in [0.2, 0.25) is 0 Å². The first-order valence-electron chi connectivity index (χ1n) is 10.6. The zero-order valence-electron chi connectivity index (χ0n) is 18.5. The van der Waals surface area contributed by atoms with Crippen LogP contribution in [0.25, 0.3) is 22.3 Å². The van der Waals surface area contributed by atoms with E-state index in [2.05, 4.69) is 14.8 Å². The minimum atomic E-state index is -4.51. The quantitative estimate of drug-likeness (QED) is 0.561. The number of methoxy groups -OCH3 is 1. The summed E-state index contributed by atoms with van der Waals surface area (Å²) in [6.45, 7) is 4.06. The molecule has 0 radical (unpaired) electrons. The van der Waals surface area contributed by atoms with Gasteiger partial charge < -0.3 is 23.9 Å². The van der Waals surface area contributed by atoms with Crippen molar-refractivity contribution in [3.63, 3.8) is 0 Å². The SMILES string of the molecule is COCOc1cc(C(F)(F)F)cc(C)c1-c1cc2c3c(n(C4CC(C)(O)C4)c2nn1)COC3. The number of hydrogen-bond donors (Lipinski definition) is 1. The summed E-state index contributed by atoms with van der Waals surface area (Å²) in [5, 5.41) is 19.9. The third kappa shape index (κ3) is 3.75. The molecule has 2 aliphatic rings. The average molecular weight is 463 g/mol. The molecular weight excluding hydrogens is 439 g/mol. The predicted molar refractivity (Wildman–Crippen MR) is 113 cm³/mol. The summed E-state index contributed by atoms with van der Waals surface area (Å²) in [7, 11) is 1.40. The second kappa shape index (κ2) is 7.68. The maximum absolute atomic E-state index is 13.4. The number of halogens is 3. The van der Waals surface area contributed by atoms with Gasteiger partial charge in [0.25, 0.3) is 0 Å². The van der Waals surface area contributed by atoms with Gasteiger partial charge in [0.15, 0.2) is 12.4 Å². The van der Waals surface area contributed by atoms with Crippen LogP contribution in [0, 0.1) is 6.92 Å². The molecular formula is C23H24F3N3O4. The second-order valence-corrected chi connectivity index (χ2v) is 9.03. The average Bonchev–Trinajstić information content (AvgIpc) is 3.30. The molecule has 3 aromatic rings. The molecule has 1 aromatic carbocycles. The number of nitrogens with zero attached hydrogens (tertiary/aromatic N) is 3. The molecule has 0 atom stereocenters. The lowest BCUT2D eigenvalue weighted by molar-refractivity contribution is -0.137. The Labute approximate surface area is 188 Å². The molecule has 1 N–H and O–H groups in total. The smallest absolute Gasteiger partial charge is 0.416 e. The van der Waals surface area contributed by atoms with E-state index in [1.165, 1.54) is 7.11 Å². The molecule has 5 rings (SSSR count). The van der Waals surface area contributed by atoms with Gasteiger partial charge in [-0.15, -0.1) is 10.2 Å². The molecule has 176 valence electrons. The van der Waals surface area contributed by atoms with Crippen molar-refractivity contribution in [1.82, 2.24) is 14.8 Å². The van der Waals surface area contributed by atoms with E-state index in [0.29, 0.717) is 48.5 Å². The van der Waals surface area contributed by atoms with Crippen LogP contribution in [0.15, 0.2) is 18.2 Å². The molecule has 1 aliphatic heterocycles. The van der Waals surface area contributed by atoms with E-state index in [4.69, 9.17) is 14.2 Å². The van der Waals surface area contributed by atoms with Crippen molar-refractivity contribution in [3.8, 4) is 17.0 Å². The van der Waals surface area contributed by atoms with E-state index in [1.807, 2.05) is 13.0 Å². The fraction of sp³-hybridized carbons (Fsp3) is 0.478. The van der Waals surface area contributed by atoms with Crippen LogP contribution in [0.4, 0.5) is 13.2 Å². The molecule has 0 saturated heterocycles. The van der Waals surface area contributed by atoms with Gasteiger partial charge in [-0.2, -0.15) is 13.2 Å². The van der Waals surface area contributed by atoms with Crippen molar-refractivity contribution in [2.45, 2.75) is 57.7 Å². The van der Waals surface area contributed by atoms with E-state index < -0.39 is 17.3 Å². The molecule has 0 spiro atoms. The highest BCUT2D eigenvalue weighted by molar-refractivity contribution is 5.87. The van der Waals surface area contributed by atoms with Crippen molar-refractivity contribution < 1.29 is 32.5 Å². The topological polar surface area (TPSA) is 78.6 Å². The summed E-state index contributed by atoms with van der Waals surface area (Å²) in [6.07, 6.45) is -3.29. The summed E-state index contributed by atoms with van der Waals surface area (Å²) in [4.78, 5) is 0. The van der Waals surface area contributed by atoms with Gasteiger partial charge >= 0.3 is 6.18 Å². The number of alkyl halides is 3. The van der Waals surface area contributed by atoms with Crippen LogP contribution in [0.5, 0.6) is 5.75 Å². The van der Waals surface area contributed by atoms with E-state index in [1.54, 1.807) is 6.92 Å². The maximum Gasteiger partial charge on any atom is 0.416 e. The number of aryl methyl sites for hydroxylation is 1. The maximum atomic E-state index is 13.4. The molecule has 10 heteroatoms. The van der Waals surface area contributed by atoms with Gasteiger partial charge in [-0.25, -0.2) is 0 Å². The Hall–Kier alpha value is -2.69. The molecule has 1 fully saturated rings. The van der Waals surface area contributed by atoms with Gasteiger partial charge in [0, 0.05) is 29.7 Å². The number of ether oxygens (including phenoxy) is 3. The number of fused-ring (bicyclic) bond motifs is 3. The number of rotatable bonds is 5. The molecule has 7 nitrogen and oxygen atoms in total. The second-order valence-electron chi connectivity index (χ2n) is 9.03. The van der Waals surface area contributed by atoms with E-state index in [9.17, 15) is 18.3 Å². The Morgan fingerprint density at radius 3 is 2.64 bits per heavy atom. The summed E-state index contributed by atoms with van der Waals surface area (Å²) in [5.74, 6) is 0.0280. The molecule has 1 aliphatic carbocycles. The highest BCUT2D eigenvalue weighted by atomic mass is 19.4. The lowest BCUT2D eigenvalue weighted by atomic mass is 9.77. The first-order chi connectivity index (χ1) is 15.6. The van der Waals surface area contributed by atoms with Crippen LogP contribution in [0.3, 0.4) is 0 Å². The Morgan fingerprint density at radius 2 is 1.97 bits per heavy atom. The summed E-state index contributed by atoms with van der Waals surface area (Å²) >= 11 is 0. The van der Waals surface area contributed by atoms with Gasteiger partial charge in [0.2, 0.25) is 0 Å². The molecule has 2 aromatic heterocycles. The normalized spacial score (nSPS) is 22.5. The zero-order chi connectivity index (χ0) is 23.5. The Kier molecular flexibility index (Phi) is 5.15. The predicted octanol–water partition coefficient (Wildman–Crippen LogP) is 4.52. The molecule has 0 amide bonds. The van der Waals surface area contributed by atoms with E-state index >= 15 is 0 Å². The minimum absolute atomic E-state index is 0.0280. The Balaban J connectivity index is 1.64. The van der Waals surface area contributed by atoms with Crippen molar-refractivity contribution >= 4 is 11.0 Å². The highest BCUT2D eigenvalue weighted by Gasteiger charge is 2.42. The molecule has 0 unspecified atom stereocenters. The fourth-order valence-corrected chi connectivity index (χ4v) is 4.92. The van der Waals surface area contributed by atoms with Crippen LogP contribution in [-0.2, 0) is 28.9 Å². The van der Waals surface area contributed by atoms with Crippen molar-refractivity contribution in [3.05, 3.63) is 40.6 Å². The number of aromatic nitrogens is 3. The standard InChI is InChI=1S/C23H24F3N3O4/c1-12-4-13(23(24,25)26)5-19(33-11-31-3)20(12)17-6-15-16-9-32-10-18(16)29(21(15)28-27-17)14-7-22(2,30)8-14/h4-6,14,30H,7-11H2,1-3H3.